The third kappa shape index (κ3) is 4.10. The minimum Gasteiger partial charge on any atom is -0.486 e. The number of benzene rings is 2. The number of aromatic nitrogens is 2. The van der Waals surface area contributed by atoms with E-state index in [1.165, 1.54) is 0 Å². The molecule has 25 heavy (non-hydrogen) atoms. The van der Waals surface area contributed by atoms with Gasteiger partial charge in [-0.25, -0.2) is 9.97 Å². The number of hydrogen-bond donors (Lipinski definition) is 0. The summed E-state index contributed by atoms with van der Waals surface area (Å²) in [7, 11) is 0. The second kappa shape index (κ2) is 7.89. The first-order valence-corrected chi connectivity index (χ1v) is 7.97. The Morgan fingerprint density at radius 1 is 0.920 bits per heavy atom. The van der Waals surface area contributed by atoms with Gasteiger partial charge in [-0.05, 0) is 30.2 Å². The van der Waals surface area contributed by atoms with Crippen LogP contribution in [0.5, 0.6) is 5.75 Å². The summed E-state index contributed by atoms with van der Waals surface area (Å²) in [6.45, 7) is 2.46. The molecule has 3 aromatic rings. The van der Waals surface area contributed by atoms with Gasteiger partial charge in [0.1, 0.15) is 6.61 Å². The average molecular weight is 327 g/mol. The van der Waals surface area contributed by atoms with Gasteiger partial charge >= 0.3 is 0 Å². The van der Waals surface area contributed by atoms with Crippen molar-refractivity contribution in [2.75, 3.05) is 6.61 Å². The molecule has 0 N–H and O–H groups in total. The summed E-state index contributed by atoms with van der Waals surface area (Å²) in [6.07, 6.45) is 7.22. The summed E-state index contributed by atoms with van der Waals surface area (Å²) < 4.78 is 5.50. The Balaban J connectivity index is 1.74. The van der Waals surface area contributed by atoms with Crippen molar-refractivity contribution in [1.82, 2.24) is 9.97 Å². The van der Waals surface area contributed by atoms with E-state index in [4.69, 9.17) is 10.00 Å². The number of hydrogen-bond acceptors (Lipinski definition) is 4. The van der Waals surface area contributed by atoms with E-state index >= 15 is 0 Å². The highest BCUT2D eigenvalue weighted by Crippen LogP contribution is 2.23. The molecule has 1 heterocycles. The summed E-state index contributed by atoms with van der Waals surface area (Å²) in [5.41, 5.74) is 3.75. The third-order valence-electron chi connectivity index (χ3n) is 3.70. The van der Waals surface area contributed by atoms with Gasteiger partial charge in [-0.15, -0.1) is 0 Å². The van der Waals surface area contributed by atoms with Crippen molar-refractivity contribution in [2.24, 2.45) is 0 Å². The second-order valence-corrected chi connectivity index (χ2v) is 5.39. The highest BCUT2D eigenvalue weighted by atomic mass is 16.5. The molecule has 0 saturated carbocycles. The molecule has 0 fully saturated rings. The van der Waals surface area contributed by atoms with Crippen molar-refractivity contribution in [1.29, 1.82) is 5.26 Å². The molecule has 0 aliphatic rings. The number of nitrogens with zero attached hydrogens (tertiary/aromatic N) is 3. The van der Waals surface area contributed by atoms with Crippen LogP contribution in [-0.4, -0.2) is 16.6 Å². The second-order valence-electron chi connectivity index (χ2n) is 5.39. The van der Waals surface area contributed by atoms with E-state index in [1.807, 2.05) is 67.6 Å². The summed E-state index contributed by atoms with van der Waals surface area (Å²) in [5, 5.41) is 8.87. The molecule has 0 aliphatic heterocycles. The van der Waals surface area contributed by atoms with Gasteiger partial charge in [0.05, 0.1) is 24.0 Å². The maximum Gasteiger partial charge on any atom is 0.159 e. The molecule has 0 bridgehead atoms. The third-order valence-corrected chi connectivity index (χ3v) is 3.70. The number of allylic oxidation sites excluding steroid dienone is 1. The van der Waals surface area contributed by atoms with Crippen LogP contribution in [0, 0.1) is 11.3 Å². The van der Waals surface area contributed by atoms with Crippen molar-refractivity contribution in [3.8, 4) is 34.3 Å². The monoisotopic (exact) mass is 327 g/mol. The van der Waals surface area contributed by atoms with E-state index < -0.39 is 0 Å². The fourth-order valence-electron chi connectivity index (χ4n) is 2.33. The van der Waals surface area contributed by atoms with Crippen LogP contribution in [0.4, 0.5) is 0 Å². The lowest BCUT2D eigenvalue weighted by Crippen LogP contribution is -1.96. The molecule has 0 atom stereocenters. The SMILES string of the molecule is CC=CCOc1cnc(-c2ccc(-c3ccc(C#N)cc3)cc2)nc1. The van der Waals surface area contributed by atoms with E-state index in [1.54, 1.807) is 12.4 Å². The Bertz CT molecular complexity index is 890. The van der Waals surface area contributed by atoms with Gasteiger partial charge < -0.3 is 4.74 Å². The van der Waals surface area contributed by atoms with Gasteiger partial charge in [-0.2, -0.15) is 5.26 Å². The molecular weight excluding hydrogens is 310 g/mol. The summed E-state index contributed by atoms with van der Waals surface area (Å²) in [5.74, 6) is 1.31. The van der Waals surface area contributed by atoms with Crippen LogP contribution >= 0.6 is 0 Å². The van der Waals surface area contributed by atoms with Gasteiger partial charge in [-0.3, -0.25) is 0 Å². The van der Waals surface area contributed by atoms with Crippen LogP contribution in [0.3, 0.4) is 0 Å². The largest absolute Gasteiger partial charge is 0.486 e. The first-order valence-electron chi connectivity index (χ1n) is 7.97. The maximum atomic E-state index is 8.87. The molecule has 0 amide bonds. The number of nitriles is 1. The van der Waals surface area contributed by atoms with Gasteiger partial charge in [0.2, 0.25) is 0 Å². The van der Waals surface area contributed by atoms with E-state index in [2.05, 4.69) is 16.0 Å². The van der Waals surface area contributed by atoms with E-state index in [-0.39, 0.29) is 0 Å². The first kappa shape index (κ1) is 16.4. The van der Waals surface area contributed by atoms with E-state index in [0.717, 1.165) is 16.7 Å². The molecule has 4 nitrogen and oxygen atoms in total. The minimum atomic E-state index is 0.512. The highest BCUT2D eigenvalue weighted by molar-refractivity contribution is 5.68. The molecule has 1 aromatic heterocycles. The molecule has 0 spiro atoms. The van der Waals surface area contributed by atoms with Crippen molar-refractivity contribution in [3.63, 3.8) is 0 Å². The quantitative estimate of drug-likeness (QED) is 0.641. The van der Waals surface area contributed by atoms with Crippen molar-refractivity contribution < 1.29 is 4.74 Å². The zero-order chi connectivity index (χ0) is 17.5. The fourth-order valence-corrected chi connectivity index (χ4v) is 2.33. The average Bonchev–Trinajstić information content (AvgIpc) is 2.69. The normalized spacial score (nSPS) is 10.6. The van der Waals surface area contributed by atoms with E-state index in [0.29, 0.717) is 23.7 Å². The van der Waals surface area contributed by atoms with Gasteiger partial charge in [0.15, 0.2) is 11.6 Å². The zero-order valence-corrected chi connectivity index (χ0v) is 13.9. The molecule has 0 radical (unpaired) electrons. The molecule has 0 unspecified atom stereocenters. The Kier molecular flexibility index (Phi) is 5.18. The van der Waals surface area contributed by atoms with Crippen LogP contribution in [0.1, 0.15) is 12.5 Å². The Morgan fingerprint density at radius 2 is 1.48 bits per heavy atom. The van der Waals surface area contributed by atoms with E-state index in [9.17, 15) is 0 Å². The minimum absolute atomic E-state index is 0.512. The predicted octanol–water partition coefficient (Wildman–Crippen LogP) is 4.64. The van der Waals surface area contributed by atoms with Crippen molar-refractivity contribution >= 4 is 0 Å². The Morgan fingerprint density at radius 3 is 2.04 bits per heavy atom. The maximum absolute atomic E-state index is 8.87. The van der Waals surface area contributed by atoms with Gasteiger partial charge in [0.25, 0.3) is 0 Å². The predicted molar refractivity (Wildman–Crippen MR) is 97.9 cm³/mol. The lowest BCUT2D eigenvalue weighted by atomic mass is 10.0. The standard InChI is InChI=1S/C21H17N3O/c1-2-3-12-25-20-14-23-21(24-15-20)19-10-8-18(9-11-19)17-6-4-16(13-22)5-7-17/h2-11,14-15H,12H2,1H3. The molecule has 0 saturated heterocycles. The molecule has 0 aliphatic carbocycles. The lowest BCUT2D eigenvalue weighted by Gasteiger charge is -2.06. The Labute approximate surface area is 147 Å². The molecule has 3 rings (SSSR count). The highest BCUT2D eigenvalue weighted by Gasteiger charge is 2.04. The Hall–Kier alpha value is -3.45. The molecule has 2 aromatic carbocycles. The smallest absolute Gasteiger partial charge is 0.159 e. The number of ether oxygens (including phenoxy) is 1. The van der Waals surface area contributed by atoms with Crippen molar-refractivity contribution in [2.45, 2.75) is 6.92 Å². The lowest BCUT2D eigenvalue weighted by molar-refractivity contribution is 0.359. The zero-order valence-electron chi connectivity index (χ0n) is 13.9. The van der Waals surface area contributed by atoms with Gasteiger partial charge in [0, 0.05) is 5.56 Å². The summed E-state index contributed by atoms with van der Waals surface area (Å²) >= 11 is 0. The molecular formula is C21H17N3O. The summed E-state index contributed by atoms with van der Waals surface area (Å²) in [4.78, 5) is 8.71. The first-order chi connectivity index (χ1) is 12.3. The fraction of sp³-hybridized carbons (Fsp3) is 0.0952. The van der Waals surface area contributed by atoms with Crippen LogP contribution in [0.15, 0.2) is 73.1 Å². The van der Waals surface area contributed by atoms with Gasteiger partial charge in [-0.1, -0.05) is 48.6 Å². The van der Waals surface area contributed by atoms with Crippen LogP contribution in [-0.2, 0) is 0 Å². The van der Waals surface area contributed by atoms with Crippen LogP contribution < -0.4 is 4.74 Å². The number of rotatable bonds is 5. The van der Waals surface area contributed by atoms with Crippen molar-refractivity contribution in [3.05, 3.63) is 78.6 Å². The van der Waals surface area contributed by atoms with Crippen LogP contribution in [0.2, 0.25) is 0 Å². The molecule has 122 valence electrons. The summed E-state index contributed by atoms with van der Waals surface area (Å²) in [6, 6.07) is 17.7. The van der Waals surface area contributed by atoms with Crippen LogP contribution in [0.25, 0.3) is 22.5 Å². The topological polar surface area (TPSA) is 58.8 Å². The molecule has 4 heteroatoms.